The molecular weight excluding hydrogens is 142 g/mol. The van der Waals surface area contributed by atoms with Crippen LogP contribution >= 0.6 is 0 Å². The van der Waals surface area contributed by atoms with Crippen LogP contribution in [0.25, 0.3) is 0 Å². The number of carbonyl (C=O) groups excluding carboxylic acids is 2. The lowest BCUT2D eigenvalue weighted by Crippen LogP contribution is -2.28. The molecular formula is C8H11NO2. The van der Waals surface area contributed by atoms with Gasteiger partial charge in [-0.3, -0.25) is 14.9 Å². The summed E-state index contributed by atoms with van der Waals surface area (Å²) in [6, 6.07) is 0. The van der Waals surface area contributed by atoms with Crippen LogP contribution in [0, 0.1) is 0 Å². The molecule has 0 spiro atoms. The maximum Gasteiger partial charge on any atom is 0.253 e. The van der Waals surface area contributed by atoms with Gasteiger partial charge in [-0.25, -0.2) is 0 Å². The summed E-state index contributed by atoms with van der Waals surface area (Å²) in [5.74, 6) is -0.853. The van der Waals surface area contributed by atoms with Crippen molar-refractivity contribution in [2.45, 2.75) is 13.8 Å². The highest BCUT2D eigenvalue weighted by atomic mass is 16.2. The number of carbonyl (C=O) groups is 2. The van der Waals surface area contributed by atoms with Gasteiger partial charge >= 0.3 is 0 Å². The molecule has 1 N–H and O–H groups in total. The average Bonchev–Trinajstić information content (AvgIpc) is 1.87. The number of amides is 2. The van der Waals surface area contributed by atoms with E-state index in [0.717, 1.165) is 0 Å². The van der Waals surface area contributed by atoms with Crippen LogP contribution < -0.4 is 5.32 Å². The van der Waals surface area contributed by atoms with E-state index in [4.69, 9.17) is 0 Å². The van der Waals surface area contributed by atoms with Gasteiger partial charge in [-0.2, -0.15) is 0 Å². The fraction of sp³-hybridized carbons (Fsp3) is 0.250. The second kappa shape index (κ2) is 4.44. The molecule has 0 saturated carbocycles. The lowest BCUT2D eigenvalue weighted by molar-refractivity contribution is -0.125. The molecule has 0 saturated heterocycles. The first-order valence-corrected chi connectivity index (χ1v) is 3.21. The SMILES string of the molecule is C=C(C)C(=O)NC(=O)C=CC. The lowest BCUT2D eigenvalue weighted by atomic mass is 10.3. The quantitative estimate of drug-likeness (QED) is 0.596. The molecule has 0 aliphatic heterocycles. The molecule has 11 heavy (non-hydrogen) atoms. The van der Waals surface area contributed by atoms with Crippen LogP contribution in [0.3, 0.4) is 0 Å². The van der Waals surface area contributed by atoms with Gasteiger partial charge < -0.3 is 0 Å². The normalized spacial score (nSPS) is 9.64. The number of rotatable bonds is 2. The average molecular weight is 153 g/mol. The molecule has 0 aromatic heterocycles. The number of allylic oxidation sites excluding steroid dienone is 1. The van der Waals surface area contributed by atoms with Crippen LogP contribution in [-0.2, 0) is 9.59 Å². The second-order valence-corrected chi connectivity index (χ2v) is 2.10. The van der Waals surface area contributed by atoms with E-state index in [1.54, 1.807) is 13.0 Å². The first-order valence-electron chi connectivity index (χ1n) is 3.21. The molecule has 0 heterocycles. The summed E-state index contributed by atoms with van der Waals surface area (Å²) in [5, 5.41) is 2.12. The van der Waals surface area contributed by atoms with E-state index in [2.05, 4.69) is 11.9 Å². The summed E-state index contributed by atoms with van der Waals surface area (Å²) in [7, 11) is 0. The van der Waals surface area contributed by atoms with Crippen LogP contribution in [0.5, 0.6) is 0 Å². The number of imide groups is 1. The predicted octanol–water partition coefficient (Wildman–Crippen LogP) is 0.781. The summed E-state index contributed by atoms with van der Waals surface area (Å²) < 4.78 is 0. The summed E-state index contributed by atoms with van der Waals surface area (Å²) in [6.45, 7) is 6.62. The highest BCUT2D eigenvalue weighted by Gasteiger charge is 2.03. The monoisotopic (exact) mass is 153 g/mol. The Labute approximate surface area is 65.8 Å². The van der Waals surface area contributed by atoms with Gasteiger partial charge in [0.25, 0.3) is 5.91 Å². The Kier molecular flexibility index (Phi) is 3.88. The highest BCUT2D eigenvalue weighted by Crippen LogP contribution is 1.85. The van der Waals surface area contributed by atoms with Crippen molar-refractivity contribution in [3.05, 3.63) is 24.3 Å². The molecule has 0 bridgehead atoms. The summed E-state index contributed by atoms with van der Waals surface area (Å²) in [4.78, 5) is 21.5. The fourth-order valence-corrected chi connectivity index (χ4v) is 0.412. The van der Waals surface area contributed by atoms with E-state index < -0.39 is 11.8 Å². The van der Waals surface area contributed by atoms with Crippen molar-refractivity contribution >= 4 is 11.8 Å². The molecule has 60 valence electrons. The van der Waals surface area contributed by atoms with Crippen LogP contribution in [0.4, 0.5) is 0 Å². The zero-order chi connectivity index (χ0) is 8.85. The molecule has 0 radical (unpaired) electrons. The van der Waals surface area contributed by atoms with E-state index in [0.29, 0.717) is 5.57 Å². The van der Waals surface area contributed by atoms with E-state index in [1.807, 2.05) is 0 Å². The van der Waals surface area contributed by atoms with Gasteiger partial charge in [0.15, 0.2) is 0 Å². The minimum atomic E-state index is -0.437. The maximum absolute atomic E-state index is 10.8. The van der Waals surface area contributed by atoms with Crippen molar-refractivity contribution in [3.8, 4) is 0 Å². The van der Waals surface area contributed by atoms with Crippen molar-refractivity contribution in [1.29, 1.82) is 0 Å². The van der Waals surface area contributed by atoms with Crippen LogP contribution in [0.1, 0.15) is 13.8 Å². The Morgan fingerprint density at radius 2 is 2.00 bits per heavy atom. The number of hydrogen-bond donors (Lipinski definition) is 1. The zero-order valence-corrected chi connectivity index (χ0v) is 6.68. The molecule has 3 heteroatoms. The van der Waals surface area contributed by atoms with E-state index in [-0.39, 0.29) is 0 Å². The van der Waals surface area contributed by atoms with Gasteiger partial charge in [0.1, 0.15) is 0 Å². The molecule has 0 aliphatic rings. The largest absolute Gasteiger partial charge is 0.289 e. The van der Waals surface area contributed by atoms with Crippen LogP contribution in [0.2, 0.25) is 0 Å². The zero-order valence-electron chi connectivity index (χ0n) is 6.68. The van der Waals surface area contributed by atoms with Gasteiger partial charge in [-0.1, -0.05) is 12.7 Å². The minimum Gasteiger partial charge on any atom is -0.289 e. The molecule has 0 fully saturated rings. The Bertz CT molecular complexity index is 216. The van der Waals surface area contributed by atoms with E-state index in [9.17, 15) is 9.59 Å². The van der Waals surface area contributed by atoms with Gasteiger partial charge in [-0.15, -0.1) is 0 Å². The van der Waals surface area contributed by atoms with Crippen molar-refractivity contribution < 1.29 is 9.59 Å². The van der Waals surface area contributed by atoms with Crippen molar-refractivity contribution in [3.63, 3.8) is 0 Å². The minimum absolute atomic E-state index is 0.322. The van der Waals surface area contributed by atoms with E-state index in [1.165, 1.54) is 13.0 Å². The van der Waals surface area contributed by atoms with Crippen molar-refractivity contribution in [2.24, 2.45) is 0 Å². The Balaban J connectivity index is 3.96. The molecule has 0 rings (SSSR count). The molecule has 0 unspecified atom stereocenters. The third-order valence-electron chi connectivity index (χ3n) is 0.942. The Morgan fingerprint density at radius 3 is 2.36 bits per heavy atom. The summed E-state index contributed by atoms with van der Waals surface area (Å²) in [5.41, 5.74) is 0.322. The Morgan fingerprint density at radius 1 is 1.45 bits per heavy atom. The standard InChI is InChI=1S/C8H11NO2/c1-4-5-7(10)9-8(11)6(2)3/h4-5H,2H2,1,3H3,(H,9,10,11). The summed E-state index contributed by atoms with van der Waals surface area (Å²) in [6.07, 6.45) is 2.84. The second-order valence-electron chi connectivity index (χ2n) is 2.10. The van der Waals surface area contributed by atoms with Gasteiger partial charge in [0.05, 0.1) is 0 Å². The third-order valence-corrected chi connectivity index (χ3v) is 0.942. The fourth-order valence-electron chi connectivity index (χ4n) is 0.412. The number of nitrogens with one attached hydrogen (secondary N) is 1. The molecule has 2 amide bonds. The topological polar surface area (TPSA) is 46.2 Å². The summed E-state index contributed by atoms with van der Waals surface area (Å²) >= 11 is 0. The lowest BCUT2D eigenvalue weighted by Gasteiger charge is -1.97. The Hall–Kier alpha value is -1.38. The highest BCUT2D eigenvalue weighted by molar-refractivity contribution is 6.06. The molecule has 0 aromatic rings. The van der Waals surface area contributed by atoms with Crippen LogP contribution in [0.15, 0.2) is 24.3 Å². The first-order chi connectivity index (χ1) is 5.07. The molecule has 3 nitrogen and oxygen atoms in total. The van der Waals surface area contributed by atoms with Crippen molar-refractivity contribution in [1.82, 2.24) is 5.32 Å². The third kappa shape index (κ3) is 4.08. The van der Waals surface area contributed by atoms with E-state index >= 15 is 0 Å². The van der Waals surface area contributed by atoms with Gasteiger partial charge in [-0.05, 0) is 19.9 Å². The molecule has 0 atom stereocenters. The van der Waals surface area contributed by atoms with Crippen molar-refractivity contribution in [2.75, 3.05) is 0 Å². The molecule has 0 aromatic carbocycles. The smallest absolute Gasteiger partial charge is 0.253 e. The number of hydrogen-bond acceptors (Lipinski definition) is 2. The van der Waals surface area contributed by atoms with Crippen LogP contribution in [-0.4, -0.2) is 11.8 Å². The predicted molar refractivity (Wildman–Crippen MR) is 42.8 cm³/mol. The maximum atomic E-state index is 10.8. The first kappa shape index (κ1) is 9.62. The van der Waals surface area contributed by atoms with Gasteiger partial charge in [0, 0.05) is 5.57 Å². The van der Waals surface area contributed by atoms with Gasteiger partial charge in [0.2, 0.25) is 5.91 Å². The molecule has 0 aliphatic carbocycles.